The van der Waals surface area contributed by atoms with Crippen LogP contribution in [-0.4, -0.2) is 55.1 Å². The minimum atomic E-state index is 0.263. The molecule has 1 saturated heterocycles. The summed E-state index contributed by atoms with van der Waals surface area (Å²) in [4.78, 5) is 4.99. The van der Waals surface area contributed by atoms with Crippen molar-refractivity contribution in [3.63, 3.8) is 0 Å². The lowest BCUT2D eigenvalue weighted by molar-refractivity contribution is 0.113. The first kappa shape index (κ1) is 12.9. The molecule has 0 aromatic rings. The van der Waals surface area contributed by atoms with Gasteiger partial charge in [0, 0.05) is 12.1 Å². The molecule has 3 heteroatoms. The largest absolute Gasteiger partial charge is 0.329 e. The standard InChI is InChI=1S/C12H27N3/c1-4-14(3)12(11-13)7-6-9-15(5-2)10-8-12/h4-11,13H2,1-3H3. The van der Waals surface area contributed by atoms with Gasteiger partial charge >= 0.3 is 0 Å². The molecule has 1 atom stereocenters. The van der Waals surface area contributed by atoms with E-state index in [2.05, 4.69) is 30.7 Å². The normalized spacial score (nSPS) is 29.4. The Labute approximate surface area is 94.6 Å². The van der Waals surface area contributed by atoms with Crippen LogP contribution < -0.4 is 5.73 Å². The Kier molecular flexibility index (Phi) is 5.03. The zero-order valence-electron chi connectivity index (χ0n) is 10.6. The molecule has 0 spiro atoms. The van der Waals surface area contributed by atoms with Gasteiger partial charge in [-0.15, -0.1) is 0 Å². The molecule has 1 heterocycles. The Balaban J connectivity index is 2.65. The van der Waals surface area contributed by atoms with Crippen LogP contribution in [0.1, 0.15) is 33.1 Å². The zero-order valence-corrected chi connectivity index (χ0v) is 10.6. The smallest absolute Gasteiger partial charge is 0.0341 e. The maximum absolute atomic E-state index is 6.01. The second kappa shape index (κ2) is 5.83. The number of hydrogen-bond donors (Lipinski definition) is 1. The lowest BCUT2D eigenvalue weighted by atomic mass is 9.89. The van der Waals surface area contributed by atoms with Crippen molar-refractivity contribution < 1.29 is 0 Å². The van der Waals surface area contributed by atoms with E-state index >= 15 is 0 Å². The minimum Gasteiger partial charge on any atom is -0.329 e. The molecule has 0 amide bonds. The SMILES string of the molecule is CCN1CCCC(CN)(N(C)CC)CC1. The zero-order chi connectivity index (χ0) is 11.3. The molecular formula is C12H27N3. The van der Waals surface area contributed by atoms with Gasteiger partial charge in [0.2, 0.25) is 0 Å². The van der Waals surface area contributed by atoms with E-state index in [4.69, 9.17) is 5.73 Å². The maximum Gasteiger partial charge on any atom is 0.0341 e. The number of likely N-dealkylation sites (N-methyl/N-ethyl adjacent to an activating group) is 1. The average molecular weight is 213 g/mol. The highest BCUT2D eigenvalue weighted by Gasteiger charge is 2.33. The molecule has 0 radical (unpaired) electrons. The fourth-order valence-electron chi connectivity index (χ4n) is 2.63. The van der Waals surface area contributed by atoms with Crippen molar-refractivity contribution >= 4 is 0 Å². The molecule has 0 bridgehead atoms. The van der Waals surface area contributed by atoms with Gasteiger partial charge in [-0.3, -0.25) is 4.90 Å². The van der Waals surface area contributed by atoms with Crippen LogP contribution in [0.5, 0.6) is 0 Å². The number of rotatable bonds is 4. The quantitative estimate of drug-likeness (QED) is 0.760. The van der Waals surface area contributed by atoms with Gasteiger partial charge in [0.25, 0.3) is 0 Å². The minimum absolute atomic E-state index is 0.263. The summed E-state index contributed by atoms with van der Waals surface area (Å²) in [5, 5.41) is 0. The molecule has 0 saturated carbocycles. The van der Waals surface area contributed by atoms with Gasteiger partial charge in [-0.1, -0.05) is 13.8 Å². The fourth-order valence-corrected chi connectivity index (χ4v) is 2.63. The van der Waals surface area contributed by atoms with Crippen molar-refractivity contribution in [3.8, 4) is 0 Å². The highest BCUT2D eigenvalue weighted by atomic mass is 15.2. The molecule has 3 nitrogen and oxygen atoms in total. The van der Waals surface area contributed by atoms with E-state index in [0.717, 1.165) is 13.1 Å². The first-order chi connectivity index (χ1) is 7.18. The molecule has 90 valence electrons. The van der Waals surface area contributed by atoms with Crippen LogP contribution >= 0.6 is 0 Å². The van der Waals surface area contributed by atoms with E-state index in [1.165, 1.54) is 38.9 Å². The van der Waals surface area contributed by atoms with Crippen LogP contribution in [0.15, 0.2) is 0 Å². The van der Waals surface area contributed by atoms with Crippen molar-refractivity contribution in [2.75, 3.05) is 39.8 Å². The van der Waals surface area contributed by atoms with Gasteiger partial charge in [-0.2, -0.15) is 0 Å². The Morgan fingerprint density at radius 1 is 1.27 bits per heavy atom. The van der Waals surface area contributed by atoms with Crippen LogP contribution in [0, 0.1) is 0 Å². The molecule has 0 aromatic carbocycles. The lowest BCUT2D eigenvalue weighted by Crippen LogP contribution is -2.52. The lowest BCUT2D eigenvalue weighted by Gasteiger charge is -2.40. The van der Waals surface area contributed by atoms with Gasteiger partial charge in [-0.25, -0.2) is 0 Å². The Morgan fingerprint density at radius 3 is 2.53 bits per heavy atom. The van der Waals surface area contributed by atoms with Crippen molar-refractivity contribution in [2.45, 2.75) is 38.6 Å². The topological polar surface area (TPSA) is 32.5 Å². The summed E-state index contributed by atoms with van der Waals surface area (Å²) in [6.45, 7) is 10.0. The molecule has 0 aliphatic carbocycles. The molecule has 1 fully saturated rings. The highest BCUT2D eigenvalue weighted by molar-refractivity contribution is 4.92. The first-order valence-corrected chi connectivity index (χ1v) is 6.32. The summed E-state index contributed by atoms with van der Waals surface area (Å²) >= 11 is 0. The first-order valence-electron chi connectivity index (χ1n) is 6.32. The Bertz CT molecular complexity index is 184. The molecule has 1 aliphatic rings. The third-order valence-corrected chi connectivity index (χ3v) is 4.12. The van der Waals surface area contributed by atoms with Crippen molar-refractivity contribution in [1.82, 2.24) is 9.80 Å². The maximum atomic E-state index is 6.01. The van der Waals surface area contributed by atoms with Gasteiger partial charge in [0.05, 0.1) is 0 Å². The fraction of sp³-hybridized carbons (Fsp3) is 1.00. The second-order valence-electron chi connectivity index (χ2n) is 4.73. The van der Waals surface area contributed by atoms with Crippen molar-refractivity contribution in [3.05, 3.63) is 0 Å². The number of nitrogens with zero attached hydrogens (tertiary/aromatic N) is 2. The summed E-state index contributed by atoms with van der Waals surface area (Å²) in [7, 11) is 2.22. The molecule has 1 unspecified atom stereocenters. The van der Waals surface area contributed by atoms with Crippen molar-refractivity contribution in [1.29, 1.82) is 0 Å². The third-order valence-electron chi connectivity index (χ3n) is 4.12. The predicted octanol–water partition coefficient (Wildman–Crippen LogP) is 1.14. The summed E-state index contributed by atoms with van der Waals surface area (Å²) < 4.78 is 0. The number of hydrogen-bond acceptors (Lipinski definition) is 3. The van der Waals surface area contributed by atoms with E-state index in [-0.39, 0.29) is 5.54 Å². The van der Waals surface area contributed by atoms with Crippen LogP contribution in [0.25, 0.3) is 0 Å². The highest BCUT2D eigenvalue weighted by Crippen LogP contribution is 2.26. The molecule has 1 rings (SSSR count). The van der Waals surface area contributed by atoms with Gasteiger partial charge in [0.15, 0.2) is 0 Å². The van der Waals surface area contributed by atoms with E-state index in [0.29, 0.717) is 0 Å². The predicted molar refractivity (Wildman–Crippen MR) is 66.1 cm³/mol. The van der Waals surface area contributed by atoms with Crippen LogP contribution in [-0.2, 0) is 0 Å². The summed E-state index contributed by atoms with van der Waals surface area (Å²) in [5.41, 5.74) is 6.27. The van der Waals surface area contributed by atoms with Gasteiger partial charge in [-0.05, 0) is 52.5 Å². The average Bonchev–Trinajstić information content (AvgIpc) is 2.50. The van der Waals surface area contributed by atoms with E-state index in [1.807, 2.05) is 0 Å². The summed E-state index contributed by atoms with van der Waals surface area (Å²) in [5.74, 6) is 0. The van der Waals surface area contributed by atoms with Gasteiger partial charge in [0.1, 0.15) is 0 Å². The summed E-state index contributed by atoms with van der Waals surface area (Å²) in [6.07, 6.45) is 3.77. The van der Waals surface area contributed by atoms with E-state index in [1.54, 1.807) is 0 Å². The monoisotopic (exact) mass is 213 g/mol. The van der Waals surface area contributed by atoms with Crippen LogP contribution in [0.2, 0.25) is 0 Å². The number of nitrogens with two attached hydrogens (primary N) is 1. The Morgan fingerprint density at radius 2 is 2.00 bits per heavy atom. The molecule has 15 heavy (non-hydrogen) atoms. The van der Waals surface area contributed by atoms with E-state index < -0.39 is 0 Å². The van der Waals surface area contributed by atoms with Crippen LogP contribution in [0.4, 0.5) is 0 Å². The molecule has 1 aliphatic heterocycles. The second-order valence-corrected chi connectivity index (χ2v) is 4.73. The number of likely N-dealkylation sites (tertiary alicyclic amines) is 1. The molecule has 0 aromatic heterocycles. The Hall–Kier alpha value is -0.120. The molecular weight excluding hydrogens is 186 g/mol. The summed E-state index contributed by atoms with van der Waals surface area (Å²) in [6, 6.07) is 0. The van der Waals surface area contributed by atoms with Crippen LogP contribution in [0.3, 0.4) is 0 Å². The van der Waals surface area contributed by atoms with Gasteiger partial charge < -0.3 is 10.6 Å². The molecule has 2 N–H and O–H groups in total. The third kappa shape index (κ3) is 2.92. The van der Waals surface area contributed by atoms with E-state index in [9.17, 15) is 0 Å². The van der Waals surface area contributed by atoms with Crippen molar-refractivity contribution in [2.24, 2.45) is 5.73 Å².